The summed E-state index contributed by atoms with van der Waals surface area (Å²) < 4.78 is 14.1. The molecule has 6 heteroatoms. The molecule has 0 saturated heterocycles. The molecule has 124 valence electrons. The lowest BCUT2D eigenvalue weighted by molar-refractivity contribution is -0.122. The van der Waals surface area contributed by atoms with E-state index in [0.29, 0.717) is 12.1 Å². The summed E-state index contributed by atoms with van der Waals surface area (Å²) >= 11 is 3.38. The zero-order valence-electron chi connectivity index (χ0n) is 13.0. The van der Waals surface area contributed by atoms with E-state index in [-0.39, 0.29) is 23.7 Å². The highest BCUT2D eigenvalue weighted by Gasteiger charge is 2.48. The fourth-order valence-corrected chi connectivity index (χ4v) is 3.04. The van der Waals surface area contributed by atoms with Crippen molar-refractivity contribution in [1.29, 1.82) is 0 Å². The van der Waals surface area contributed by atoms with E-state index in [2.05, 4.69) is 26.6 Å². The van der Waals surface area contributed by atoms with Gasteiger partial charge in [-0.2, -0.15) is 0 Å². The lowest BCUT2D eigenvalue weighted by atomic mass is 10.2. The van der Waals surface area contributed by atoms with E-state index >= 15 is 0 Å². The van der Waals surface area contributed by atoms with Crippen molar-refractivity contribution in [1.82, 2.24) is 0 Å². The minimum absolute atomic E-state index is 0.167. The molecule has 2 N–H and O–H groups in total. The van der Waals surface area contributed by atoms with Crippen LogP contribution in [0, 0.1) is 24.6 Å². The average Bonchev–Trinajstić information content (AvgIpc) is 3.31. The third-order valence-corrected chi connectivity index (χ3v) is 4.50. The van der Waals surface area contributed by atoms with Crippen LogP contribution in [0.4, 0.5) is 15.8 Å². The standard InChI is InChI=1S/C18H16BrFN2O2/c1-10-7-11(19)5-6-16(10)22-18(24)15-9-14(15)17(23)21-13-4-2-3-12(20)8-13/h2-8,14-15H,9H2,1H3,(H,21,23)(H,22,24). The van der Waals surface area contributed by atoms with Crippen LogP contribution in [0.5, 0.6) is 0 Å². The Labute approximate surface area is 147 Å². The summed E-state index contributed by atoms with van der Waals surface area (Å²) in [5.41, 5.74) is 2.08. The summed E-state index contributed by atoms with van der Waals surface area (Å²) in [5.74, 6) is -1.55. The van der Waals surface area contributed by atoms with E-state index in [0.717, 1.165) is 15.7 Å². The van der Waals surface area contributed by atoms with Gasteiger partial charge in [-0.05, 0) is 55.3 Å². The summed E-state index contributed by atoms with van der Waals surface area (Å²) in [6, 6.07) is 11.3. The Morgan fingerprint density at radius 3 is 2.46 bits per heavy atom. The molecule has 1 saturated carbocycles. The first-order chi connectivity index (χ1) is 11.4. The van der Waals surface area contributed by atoms with E-state index < -0.39 is 5.82 Å². The van der Waals surface area contributed by atoms with Gasteiger partial charge in [0.05, 0.1) is 11.8 Å². The van der Waals surface area contributed by atoms with Gasteiger partial charge in [-0.25, -0.2) is 4.39 Å². The molecule has 2 amide bonds. The third kappa shape index (κ3) is 3.82. The topological polar surface area (TPSA) is 58.2 Å². The van der Waals surface area contributed by atoms with Crippen molar-refractivity contribution in [2.45, 2.75) is 13.3 Å². The van der Waals surface area contributed by atoms with Crippen LogP contribution in [-0.2, 0) is 9.59 Å². The van der Waals surface area contributed by atoms with Crippen molar-refractivity contribution in [3.8, 4) is 0 Å². The molecule has 2 unspecified atom stereocenters. The van der Waals surface area contributed by atoms with Gasteiger partial charge in [-0.1, -0.05) is 22.0 Å². The van der Waals surface area contributed by atoms with Crippen molar-refractivity contribution in [3.05, 3.63) is 58.3 Å². The van der Waals surface area contributed by atoms with Crippen LogP contribution >= 0.6 is 15.9 Å². The van der Waals surface area contributed by atoms with Gasteiger partial charge in [-0.15, -0.1) is 0 Å². The van der Waals surface area contributed by atoms with Crippen molar-refractivity contribution in [3.63, 3.8) is 0 Å². The molecule has 1 aliphatic rings. The molecular weight excluding hydrogens is 375 g/mol. The van der Waals surface area contributed by atoms with Crippen molar-refractivity contribution in [2.24, 2.45) is 11.8 Å². The Morgan fingerprint density at radius 2 is 1.79 bits per heavy atom. The van der Waals surface area contributed by atoms with Crippen LogP contribution in [0.2, 0.25) is 0 Å². The lowest BCUT2D eigenvalue weighted by Gasteiger charge is -2.09. The molecule has 2 aromatic carbocycles. The summed E-state index contributed by atoms with van der Waals surface area (Å²) in [6.07, 6.45) is 0.503. The fraction of sp³-hybridized carbons (Fsp3) is 0.222. The number of aryl methyl sites for hydroxylation is 1. The van der Waals surface area contributed by atoms with Gasteiger partial charge < -0.3 is 10.6 Å². The Bertz CT molecular complexity index is 809. The maximum atomic E-state index is 13.1. The van der Waals surface area contributed by atoms with Crippen LogP contribution in [0.3, 0.4) is 0 Å². The number of nitrogens with one attached hydrogen (secondary N) is 2. The molecule has 2 atom stereocenters. The number of hydrogen-bond donors (Lipinski definition) is 2. The number of benzene rings is 2. The molecule has 1 fully saturated rings. The van der Waals surface area contributed by atoms with Crippen LogP contribution in [0.25, 0.3) is 0 Å². The van der Waals surface area contributed by atoms with Crippen LogP contribution in [0.1, 0.15) is 12.0 Å². The van der Waals surface area contributed by atoms with Crippen LogP contribution in [0.15, 0.2) is 46.9 Å². The minimum atomic E-state index is -0.413. The number of hydrogen-bond acceptors (Lipinski definition) is 2. The van der Waals surface area contributed by atoms with E-state index in [1.54, 1.807) is 6.07 Å². The zero-order chi connectivity index (χ0) is 17.3. The number of anilines is 2. The summed E-state index contributed by atoms with van der Waals surface area (Å²) in [7, 11) is 0. The summed E-state index contributed by atoms with van der Waals surface area (Å²) in [5, 5.41) is 5.50. The monoisotopic (exact) mass is 390 g/mol. The predicted molar refractivity (Wildman–Crippen MR) is 94.1 cm³/mol. The highest BCUT2D eigenvalue weighted by molar-refractivity contribution is 9.10. The largest absolute Gasteiger partial charge is 0.326 e. The Morgan fingerprint density at radius 1 is 1.08 bits per heavy atom. The summed E-state index contributed by atoms with van der Waals surface area (Å²) in [4.78, 5) is 24.4. The molecular formula is C18H16BrFN2O2. The minimum Gasteiger partial charge on any atom is -0.326 e. The van der Waals surface area contributed by atoms with Crippen molar-refractivity contribution >= 4 is 39.1 Å². The van der Waals surface area contributed by atoms with Crippen LogP contribution in [-0.4, -0.2) is 11.8 Å². The average molecular weight is 391 g/mol. The molecule has 24 heavy (non-hydrogen) atoms. The van der Waals surface area contributed by atoms with E-state index in [4.69, 9.17) is 0 Å². The zero-order valence-corrected chi connectivity index (χ0v) is 14.6. The molecule has 0 aromatic heterocycles. The maximum absolute atomic E-state index is 13.1. The van der Waals surface area contributed by atoms with E-state index in [1.807, 2.05) is 25.1 Å². The van der Waals surface area contributed by atoms with E-state index in [9.17, 15) is 14.0 Å². The van der Waals surface area contributed by atoms with E-state index in [1.165, 1.54) is 18.2 Å². The number of carbonyl (C=O) groups is 2. The lowest BCUT2D eigenvalue weighted by Crippen LogP contribution is -2.20. The molecule has 0 heterocycles. The molecule has 0 aliphatic heterocycles. The van der Waals surface area contributed by atoms with Crippen LogP contribution < -0.4 is 10.6 Å². The highest BCUT2D eigenvalue weighted by atomic mass is 79.9. The number of halogens is 2. The maximum Gasteiger partial charge on any atom is 0.228 e. The molecule has 4 nitrogen and oxygen atoms in total. The SMILES string of the molecule is Cc1cc(Br)ccc1NC(=O)C1CC1C(=O)Nc1cccc(F)c1. The fourth-order valence-electron chi connectivity index (χ4n) is 2.57. The second-order valence-corrected chi connectivity index (χ2v) is 6.81. The first-order valence-corrected chi connectivity index (χ1v) is 8.37. The molecule has 3 rings (SSSR count). The second-order valence-electron chi connectivity index (χ2n) is 5.90. The van der Waals surface area contributed by atoms with Gasteiger partial charge in [0.1, 0.15) is 5.82 Å². The molecule has 0 spiro atoms. The molecule has 0 radical (unpaired) electrons. The second kappa shape index (κ2) is 6.73. The molecule has 2 aromatic rings. The van der Waals surface area contributed by atoms with Gasteiger partial charge in [-0.3, -0.25) is 9.59 Å². The smallest absolute Gasteiger partial charge is 0.228 e. The van der Waals surface area contributed by atoms with Crippen molar-refractivity contribution in [2.75, 3.05) is 10.6 Å². The van der Waals surface area contributed by atoms with Gasteiger partial charge >= 0.3 is 0 Å². The third-order valence-electron chi connectivity index (χ3n) is 4.00. The first-order valence-electron chi connectivity index (χ1n) is 7.57. The Kier molecular flexibility index (Phi) is 4.66. The Balaban J connectivity index is 1.58. The van der Waals surface area contributed by atoms with Gasteiger partial charge in [0, 0.05) is 15.8 Å². The predicted octanol–water partition coefficient (Wildman–Crippen LogP) is 4.11. The first kappa shape index (κ1) is 16.6. The Hall–Kier alpha value is -2.21. The molecule has 0 bridgehead atoms. The van der Waals surface area contributed by atoms with Gasteiger partial charge in [0.25, 0.3) is 0 Å². The quantitative estimate of drug-likeness (QED) is 0.824. The molecule has 1 aliphatic carbocycles. The van der Waals surface area contributed by atoms with Gasteiger partial charge in [0.15, 0.2) is 0 Å². The number of amides is 2. The normalized spacial score (nSPS) is 18.8. The highest BCUT2D eigenvalue weighted by Crippen LogP contribution is 2.40. The van der Waals surface area contributed by atoms with Crippen molar-refractivity contribution < 1.29 is 14.0 Å². The number of carbonyl (C=O) groups excluding carboxylic acids is 2. The summed E-state index contributed by atoms with van der Waals surface area (Å²) in [6.45, 7) is 1.90. The number of rotatable bonds is 4. The van der Waals surface area contributed by atoms with Gasteiger partial charge in [0.2, 0.25) is 11.8 Å².